The van der Waals surface area contributed by atoms with Crippen molar-refractivity contribution >= 4 is 9.84 Å². The second-order valence-electron chi connectivity index (χ2n) is 5.00. The summed E-state index contributed by atoms with van der Waals surface area (Å²) in [5.41, 5.74) is 5.46. The van der Waals surface area contributed by atoms with Crippen LogP contribution in [0.2, 0.25) is 0 Å². The lowest BCUT2D eigenvalue weighted by molar-refractivity contribution is 0.160. The molecule has 5 nitrogen and oxygen atoms in total. The van der Waals surface area contributed by atoms with E-state index in [0.29, 0.717) is 19.7 Å². The summed E-state index contributed by atoms with van der Waals surface area (Å²) in [5, 5.41) is 3.24. The molecule has 0 amide bonds. The summed E-state index contributed by atoms with van der Waals surface area (Å²) in [6.45, 7) is 5.08. The molecular weight excluding hydrogens is 240 g/mol. The number of nitrogens with one attached hydrogen (secondary N) is 1. The van der Waals surface area contributed by atoms with E-state index in [1.54, 1.807) is 21.0 Å². The molecule has 0 saturated heterocycles. The van der Waals surface area contributed by atoms with Crippen LogP contribution >= 0.6 is 0 Å². The van der Waals surface area contributed by atoms with E-state index in [1.165, 1.54) is 6.26 Å². The number of nitrogens with two attached hydrogens (primary N) is 1. The van der Waals surface area contributed by atoms with Crippen molar-refractivity contribution in [3.8, 4) is 0 Å². The van der Waals surface area contributed by atoms with E-state index in [-0.39, 0.29) is 6.04 Å². The van der Waals surface area contributed by atoms with Gasteiger partial charge >= 0.3 is 0 Å². The molecule has 1 unspecified atom stereocenters. The third kappa shape index (κ3) is 6.35. The van der Waals surface area contributed by atoms with E-state index < -0.39 is 14.6 Å². The molecule has 0 saturated carbocycles. The van der Waals surface area contributed by atoms with Crippen molar-refractivity contribution in [2.75, 3.05) is 33.1 Å². The van der Waals surface area contributed by atoms with Gasteiger partial charge in [0.05, 0.1) is 11.4 Å². The van der Waals surface area contributed by atoms with Gasteiger partial charge in [0.2, 0.25) is 0 Å². The molecule has 0 radical (unpaired) electrons. The predicted octanol–water partition coefficient (Wildman–Crippen LogP) is 0.153. The van der Waals surface area contributed by atoms with Crippen LogP contribution in [0.15, 0.2) is 0 Å². The normalized spacial score (nSPS) is 14.9. The summed E-state index contributed by atoms with van der Waals surface area (Å²) < 4.78 is 27.4. The Labute approximate surface area is 105 Å². The van der Waals surface area contributed by atoms with Gasteiger partial charge in [-0.3, -0.25) is 0 Å². The second-order valence-corrected chi connectivity index (χ2v) is 7.65. The van der Waals surface area contributed by atoms with Crippen molar-refractivity contribution in [1.29, 1.82) is 0 Å². The highest BCUT2D eigenvalue weighted by Gasteiger charge is 2.30. The molecule has 0 aliphatic carbocycles. The molecule has 0 aliphatic rings. The van der Waals surface area contributed by atoms with Gasteiger partial charge in [-0.25, -0.2) is 8.42 Å². The number of methoxy groups -OCH3 is 1. The van der Waals surface area contributed by atoms with Gasteiger partial charge in [-0.05, 0) is 33.2 Å². The number of sulfone groups is 1. The fraction of sp³-hybridized carbons (Fsp3) is 1.00. The average molecular weight is 266 g/mol. The number of ether oxygens (including phenoxy) is 1. The topological polar surface area (TPSA) is 81.4 Å². The van der Waals surface area contributed by atoms with Gasteiger partial charge in [-0.1, -0.05) is 0 Å². The van der Waals surface area contributed by atoms with Crippen LogP contribution in [0, 0.1) is 0 Å². The Hall–Kier alpha value is -0.170. The molecule has 0 aromatic heterocycles. The Bertz CT molecular complexity index is 302. The van der Waals surface area contributed by atoms with Gasteiger partial charge < -0.3 is 15.8 Å². The maximum atomic E-state index is 11.5. The lowest BCUT2D eigenvalue weighted by atomic mass is 10.1. The zero-order chi connectivity index (χ0) is 13.5. The first-order valence-electron chi connectivity index (χ1n) is 5.86. The van der Waals surface area contributed by atoms with Crippen LogP contribution in [0.3, 0.4) is 0 Å². The third-order valence-corrected chi connectivity index (χ3v) is 5.10. The van der Waals surface area contributed by atoms with Crippen LogP contribution in [0.4, 0.5) is 0 Å². The van der Waals surface area contributed by atoms with Crippen LogP contribution < -0.4 is 11.1 Å². The number of rotatable bonds is 9. The molecule has 1 atom stereocenters. The largest absolute Gasteiger partial charge is 0.383 e. The summed E-state index contributed by atoms with van der Waals surface area (Å²) in [7, 11) is -1.42. The maximum absolute atomic E-state index is 11.5. The molecule has 17 heavy (non-hydrogen) atoms. The van der Waals surface area contributed by atoms with E-state index in [9.17, 15) is 8.42 Å². The van der Waals surface area contributed by atoms with Gasteiger partial charge in [-0.2, -0.15) is 0 Å². The Kier molecular flexibility index (Phi) is 7.23. The Morgan fingerprint density at radius 1 is 1.41 bits per heavy atom. The van der Waals surface area contributed by atoms with E-state index in [0.717, 1.165) is 12.8 Å². The highest BCUT2D eigenvalue weighted by atomic mass is 32.2. The lowest BCUT2D eigenvalue weighted by Crippen LogP contribution is -2.46. The van der Waals surface area contributed by atoms with E-state index >= 15 is 0 Å². The van der Waals surface area contributed by atoms with Gasteiger partial charge in [0, 0.05) is 26.0 Å². The lowest BCUT2D eigenvalue weighted by Gasteiger charge is -2.26. The van der Waals surface area contributed by atoms with Gasteiger partial charge in [-0.15, -0.1) is 0 Å². The van der Waals surface area contributed by atoms with E-state index in [4.69, 9.17) is 10.5 Å². The first kappa shape index (κ1) is 16.8. The summed E-state index contributed by atoms with van der Waals surface area (Å²) in [5.74, 6) is 0. The average Bonchev–Trinajstić information content (AvgIpc) is 2.20. The van der Waals surface area contributed by atoms with Crippen molar-refractivity contribution < 1.29 is 13.2 Å². The minimum atomic E-state index is -3.06. The monoisotopic (exact) mass is 266 g/mol. The summed E-state index contributed by atoms with van der Waals surface area (Å²) >= 11 is 0. The number of hydrogen-bond donors (Lipinski definition) is 2. The third-order valence-electron chi connectivity index (χ3n) is 2.94. The number of hydrogen-bond acceptors (Lipinski definition) is 5. The molecule has 0 aliphatic heterocycles. The molecule has 3 N–H and O–H groups in total. The molecule has 0 heterocycles. The van der Waals surface area contributed by atoms with Gasteiger partial charge in [0.15, 0.2) is 9.84 Å². The van der Waals surface area contributed by atoms with Gasteiger partial charge in [0.25, 0.3) is 0 Å². The van der Waals surface area contributed by atoms with Crippen molar-refractivity contribution in [2.45, 2.75) is 37.5 Å². The molecular formula is C11H26N2O3S. The van der Waals surface area contributed by atoms with Crippen LogP contribution in [0.5, 0.6) is 0 Å². The highest BCUT2D eigenvalue weighted by molar-refractivity contribution is 7.92. The molecule has 0 spiro atoms. The standard InChI is InChI=1S/C11H26N2O3S/c1-11(2,17(4,14)15)9-13-10(8-16-3)6-5-7-12/h10,13H,5-9,12H2,1-4H3. The molecule has 0 rings (SSSR count). The fourth-order valence-electron chi connectivity index (χ4n) is 1.33. The van der Waals surface area contributed by atoms with Crippen molar-refractivity contribution in [1.82, 2.24) is 5.32 Å². The van der Waals surface area contributed by atoms with Crippen molar-refractivity contribution in [3.05, 3.63) is 0 Å². The highest BCUT2D eigenvalue weighted by Crippen LogP contribution is 2.14. The minimum absolute atomic E-state index is 0.157. The zero-order valence-electron chi connectivity index (χ0n) is 11.3. The first-order valence-corrected chi connectivity index (χ1v) is 7.75. The molecule has 0 aromatic rings. The van der Waals surface area contributed by atoms with E-state index in [2.05, 4.69) is 5.32 Å². The fourth-order valence-corrected chi connectivity index (χ4v) is 1.68. The molecule has 6 heteroatoms. The molecule has 0 fully saturated rings. The van der Waals surface area contributed by atoms with Crippen LogP contribution in [-0.4, -0.2) is 52.3 Å². The van der Waals surface area contributed by atoms with Crippen molar-refractivity contribution in [2.24, 2.45) is 5.73 Å². The summed E-state index contributed by atoms with van der Waals surface area (Å²) in [4.78, 5) is 0. The molecule has 0 aromatic carbocycles. The smallest absolute Gasteiger partial charge is 0.153 e. The second kappa shape index (κ2) is 7.31. The first-order chi connectivity index (χ1) is 7.74. The SMILES string of the molecule is COCC(CCCN)NCC(C)(C)S(C)(=O)=O. The Balaban J connectivity index is 4.29. The summed E-state index contributed by atoms with van der Waals surface area (Å²) in [6, 6.07) is 0.157. The van der Waals surface area contributed by atoms with Crippen LogP contribution in [0.25, 0.3) is 0 Å². The quantitative estimate of drug-likeness (QED) is 0.621. The Morgan fingerprint density at radius 2 is 2.00 bits per heavy atom. The molecule has 104 valence electrons. The van der Waals surface area contributed by atoms with Gasteiger partial charge in [0.1, 0.15) is 0 Å². The zero-order valence-corrected chi connectivity index (χ0v) is 12.1. The maximum Gasteiger partial charge on any atom is 0.153 e. The van der Waals surface area contributed by atoms with Crippen molar-refractivity contribution in [3.63, 3.8) is 0 Å². The minimum Gasteiger partial charge on any atom is -0.383 e. The van der Waals surface area contributed by atoms with Crippen LogP contribution in [-0.2, 0) is 14.6 Å². The Morgan fingerprint density at radius 3 is 2.41 bits per heavy atom. The summed E-state index contributed by atoms with van der Waals surface area (Å²) in [6.07, 6.45) is 3.06. The predicted molar refractivity (Wildman–Crippen MR) is 70.9 cm³/mol. The van der Waals surface area contributed by atoms with E-state index in [1.807, 2.05) is 0 Å². The van der Waals surface area contributed by atoms with Crippen LogP contribution in [0.1, 0.15) is 26.7 Å². The molecule has 0 bridgehead atoms.